The Balaban J connectivity index is 2.13. The first-order chi connectivity index (χ1) is 8.54. The molecule has 0 aromatic heterocycles. The Kier molecular flexibility index (Phi) is 4.84. The van der Waals surface area contributed by atoms with Crippen molar-refractivity contribution in [3.63, 3.8) is 0 Å². The van der Waals surface area contributed by atoms with Crippen molar-refractivity contribution in [2.75, 3.05) is 5.73 Å². The van der Waals surface area contributed by atoms with E-state index in [2.05, 4.69) is 15.9 Å². The molecular weight excluding hydrogens is 353 g/mol. The Bertz CT molecular complexity index is 555. The molecule has 0 fully saturated rings. The number of nitrogen functional groups attached to an aromatic ring is 1. The highest BCUT2D eigenvalue weighted by Crippen LogP contribution is 2.32. The molecule has 1 nitrogen and oxygen atoms in total. The second kappa shape index (κ2) is 6.20. The smallest absolute Gasteiger partial charge is 0.0543 e. The van der Waals surface area contributed by atoms with E-state index in [1.54, 1.807) is 17.8 Å². The molecule has 0 bridgehead atoms. The van der Waals surface area contributed by atoms with Crippen LogP contribution in [0.15, 0.2) is 45.8 Å². The molecule has 2 aromatic carbocycles. The molecule has 0 aliphatic rings. The molecule has 0 radical (unpaired) electrons. The van der Waals surface area contributed by atoms with Crippen LogP contribution in [-0.4, -0.2) is 0 Å². The molecule has 94 valence electrons. The number of thioether (sulfide) groups is 1. The third-order valence-corrected chi connectivity index (χ3v) is 4.53. The van der Waals surface area contributed by atoms with E-state index >= 15 is 0 Å². The van der Waals surface area contributed by atoms with Crippen molar-refractivity contribution in [1.82, 2.24) is 0 Å². The molecule has 0 aliphatic carbocycles. The van der Waals surface area contributed by atoms with Crippen molar-refractivity contribution in [1.29, 1.82) is 0 Å². The zero-order valence-electron chi connectivity index (χ0n) is 9.29. The minimum atomic E-state index is 0.690. The molecule has 5 heteroatoms. The fraction of sp³-hybridized carbons (Fsp3) is 0.0769. The summed E-state index contributed by atoms with van der Waals surface area (Å²) in [7, 11) is 0. The summed E-state index contributed by atoms with van der Waals surface area (Å²) in [5.74, 6) is 0.795. The number of hydrogen-bond acceptors (Lipinski definition) is 2. The average molecular weight is 363 g/mol. The summed E-state index contributed by atoms with van der Waals surface area (Å²) in [6.07, 6.45) is 0. The third-order valence-electron chi connectivity index (χ3n) is 2.27. The Morgan fingerprint density at radius 3 is 2.61 bits per heavy atom. The molecule has 2 aromatic rings. The molecule has 18 heavy (non-hydrogen) atoms. The van der Waals surface area contributed by atoms with Gasteiger partial charge in [-0.1, -0.05) is 39.1 Å². The van der Waals surface area contributed by atoms with Gasteiger partial charge in [0, 0.05) is 25.8 Å². The van der Waals surface area contributed by atoms with Crippen LogP contribution in [0.5, 0.6) is 0 Å². The van der Waals surface area contributed by atoms with Crippen molar-refractivity contribution in [3.8, 4) is 0 Å². The van der Waals surface area contributed by atoms with Gasteiger partial charge in [-0.15, -0.1) is 11.8 Å². The predicted octanol–water partition coefficient (Wildman–Crippen LogP) is 5.63. The first-order valence-corrected chi connectivity index (χ1v) is 7.71. The first kappa shape index (κ1) is 14.1. The molecule has 0 saturated heterocycles. The highest BCUT2D eigenvalue weighted by atomic mass is 79.9. The van der Waals surface area contributed by atoms with Gasteiger partial charge in [0.15, 0.2) is 0 Å². The normalized spacial score (nSPS) is 10.6. The number of nitrogens with two attached hydrogens (primary N) is 1. The lowest BCUT2D eigenvalue weighted by Gasteiger charge is -2.06. The topological polar surface area (TPSA) is 26.0 Å². The zero-order chi connectivity index (χ0) is 13.1. The standard InChI is InChI=1S/C13H10BrCl2NS/c14-9-3-8(4-11(17)5-9)7-18-13-6-10(15)1-2-12(13)16/h1-6H,7,17H2. The Labute approximate surface area is 129 Å². The number of rotatable bonds is 3. The molecular formula is C13H10BrCl2NS. The minimum absolute atomic E-state index is 0.690. The van der Waals surface area contributed by atoms with E-state index in [9.17, 15) is 0 Å². The van der Waals surface area contributed by atoms with Gasteiger partial charge >= 0.3 is 0 Å². The maximum absolute atomic E-state index is 6.11. The van der Waals surface area contributed by atoms with E-state index < -0.39 is 0 Å². The summed E-state index contributed by atoms with van der Waals surface area (Å²) >= 11 is 17.1. The molecule has 0 unspecified atom stereocenters. The maximum atomic E-state index is 6.11. The number of hydrogen-bond donors (Lipinski definition) is 1. The van der Waals surface area contributed by atoms with E-state index in [0.29, 0.717) is 10.0 Å². The summed E-state index contributed by atoms with van der Waals surface area (Å²) in [5, 5.41) is 1.41. The van der Waals surface area contributed by atoms with Gasteiger partial charge in [0.05, 0.1) is 5.02 Å². The van der Waals surface area contributed by atoms with E-state index in [1.165, 1.54) is 0 Å². The Hall–Kier alpha value is -0.350. The van der Waals surface area contributed by atoms with Crippen LogP contribution in [0.25, 0.3) is 0 Å². The Morgan fingerprint density at radius 1 is 1.11 bits per heavy atom. The molecule has 2 rings (SSSR count). The fourth-order valence-corrected chi connectivity index (χ4v) is 3.49. The van der Waals surface area contributed by atoms with Gasteiger partial charge in [-0.2, -0.15) is 0 Å². The molecule has 0 atom stereocenters. The summed E-state index contributed by atoms with van der Waals surface area (Å²) in [5.41, 5.74) is 7.68. The van der Waals surface area contributed by atoms with Crippen molar-refractivity contribution in [3.05, 3.63) is 56.5 Å². The van der Waals surface area contributed by atoms with Crippen molar-refractivity contribution in [2.45, 2.75) is 10.6 Å². The fourth-order valence-electron chi connectivity index (χ4n) is 1.51. The zero-order valence-corrected chi connectivity index (χ0v) is 13.2. The van der Waals surface area contributed by atoms with Crippen LogP contribution >= 0.6 is 50.9 Å². The van der Waals surface area contributed by atoms with Crippen LogP contribution in [0, 0.1) is 0 Å². The average Bonchev–Trinajstić information content (AvgIpc) is 2.29. The predicted molar refractivity (Wildman–Crippen MR) is 84.6 cm³/mol. The highest BCUT2D eigenvalue weighted by Gasteiger charge is 2.04. The van der Waals surface area contributed by atoms with Crippen molar-refractivity contribution < 1.29 is 0 Å². The van der Waals surface area contributed by atoms with Crippen molar-refractivity contribution >= 4 is 56.6 Å². The van der Waals surface area contributed by atoms with Crippen LogP contribution in [-0.2, 0) is 5.75 Å². The second-order valence-electron chi connectivity index (χ2n) is 3.76. The molecule has 0 aliphatic heterocycles. The minimum Gasteiger partial charge on any atom is -0.399 e. The second-order valence-corrected chi connectivity index (χ2v) is 6.53. The van der Waals surface area contributed by atoms with Crippen LogP contribution < -0.4 is 5.73 Å². The molecule has 0 amide bonds. The third kappa shape index (κ3) is 3.82. The maximum Gasteiger partial charge on any atom is 0.0543 e. The van der Waals surface area contributed by atoms with Gasteiger partial charge < -0.3 is 5.73 Å². The lowest BCUT2D eigenvalue weighted by atomic mass is 10.2. The SMILES string of the molecule is Nc1cc(Br)cc(CSc2cc(Cl)ccc2Cl)c1. The number of anilines is 1. The number of halogens is 3. The van der Waals surface area contributed by atoms with Crippen LogP contribution in [0.3, 0.4) is 0 Å². The van der Waals surface area contributed by atoms with Crippen molar-refractivity contribution in [2.24, 2.45) is 0 Å². The molecule has 0 spiro atoms. The molecule has 2 N–H and O–H groups in total. The van der Waals surface area contributed by atoms with E-state index in [0.717, 1.165) is 26.4 Å². The van der Waals surface area contributed by atoms with E-state index in [4.69, 9.17) is 28.9 Å². The summed E-state index contributed by atoms with van der Waals surface area (Å²) < 4.78 is 0.982. The molecule has 0 saturated carbocycles. The van der Waals surface area contributed by atoms with Gasteiger partial charge in [0.25, 0.3) is 0 Å². The monoisotopic (exact) mass is 361 g/mol. The highest BCUT2D eigenvalue weighted by molar-refractivity contribution is 9.10. The summed E-state index contributed by atoms with van der Waals surface area (Å²) in [6.45, 7) is 0. The van der Waals surface area contributed by atoms with Gasteiger partial charge in [-0.05, 0) is 42.0 Å². The van der Waals surface area contributed by atoms with Gasteiger partial charge in [-0.3, -0.25) is 0 Å². The van der Waals surface area contributed by atoms with E-state index in [1.807, 2.05) is 30.3 Å². The van der Waals surface area contributed by atoms with Gasteiger partial charge in [0.1, 0.15) is 0 Å². The van der Waals surface area contributed by atoms with Gasteiger partial charge in [-0.25, -0.2) is 0 Å². The summed E-state index contributed by atoms with van der Waals surface area (Å²) in [4.78, 5) is 0.975. The van der Waals surface area contributed by atoms with Crippen LogP contribution in [0.1, 0.15) is 5.56 Å². The lowest BCUT2D eigenvalue weighted by molar-refractivity contribution is 1.37. The Morgan fingerprint density at radius 2 is 1.89 bits per heavy atom. The summed E-state index contributed by atoms with van der Waals surface area (Å²) in [6, 6.07) is 11.3. The number of benzene rings is 2. The van der Waals surface area contributed by atoms with Gasteiger partial charge in [0.2, 0.25) is 0 Å². The molecule has 0 heterocycles. The first-order valence-electron chi connectivity index (χ1n) is 5.17. The lowest BCUT2D eigenvalue weighted by Crippen LogP contribution is -1.88. The van der Waals surface area contributed by atoms with Crippen LogP contribution in [0.2, 0.25) is 10.0 Å². The van der Waals surface area contributed by atoms with Crippen LogP contribution in [0.4, 0.5) is 5.69 Å². The van der Waals surface area contributed by atoms with E-state index in [-0.39, 0.29) is 0 Å². The quantitative estimate of drug-likeness (QED) is 0.565. The largest absolute Gasteiger partial charge is 0.399 e.